The molecule has 0 saturated carbocycles. The molecule has 5 rings (SSSR count). The predicted molar refractivity (Wildman–Crippen MR) is 117 cm³/mol. The molecule has 1 fully saturated rings. The van der Waals surface area contributed by atoms with Crippen LogP contribution in [-0.2, 0) is 11.2 Å². The van der Waals surface area contributed by atoms with Gasteiger partial charge in [0.15, 0.2) is 11.5 Å². The molecule has 3 aromatic rings. The fourth-order valence-corrected chi connectivity index (χ4v) is 3.74. The molecule has 168 valence electrons. The van der Waals surface area contributed by atoms with Gasteiger partial charge in [-0.2, -0.15) is 4.98 Å². The van der Waals surface area contributed by atoms with Gasteiger partial charge in [-0.25, -0.2) is 14.8 Å². The van der Waals surface area contributed by atoms with Crippen LogP contribution in [0.3, 0.4) is 0 Å². The standard InChI is InChI=1S/C13H15N5O2.C9H11NO2/c1-9-7-11(18-5-2-3-10(18)12(19)20)16-13(15-9)17-6-4-14-8-17;10-4-3-7-1-2-8-9(5-7)12-6-11-8/h4,6-8,10H,2-3,5H2,1H3,(H,19,20);1-2,5H,3-4,6,10H2/t10-;/m1./s1. The fraction of sp³-hybridized carbons (Fsp3) is 0.364. The second kappa shape index (κ2) is 9.65. The lowest BCUT2D eigenvalue weighted by Gasteiger charge is -2.23. The van der Waals surface area contributed by atoms with Crippen LogP contribution < -0.4 is 20.1 Å². The van der Waals surface area contributed by atoms with E-state index in [1.54, 1.807) is 23.3 Å². The van der Waals surface area contributed by atoms with Crippen molar-refractivity contribution in [3.8, 4) is 17.4 Å². The molecule has 1 saturated heterocycles. The molecule has 1 aromatic carbocycles. The topological polar surface area (TPSA) is 129 Å². The minimum Gasteiger partial charge on any atom is -0.480 e. The number of nitrogens with two attached hydrogens (primary N) is 1. The number of anilines is 1. The Balaban J connectivity index is 0.000000174. The van der Waals surface area contributed by atoms with Crippen LogP contribution in [-0.4, -0.2) is 56.5 Å². The molecule has 2 aromatic heterocycles. The smallest absolute Gasteiger partial charge is 0.326 e. The van der Waals surface area contributed by atoms with E-state index in [-0.39, 0.29) is 0 Å². The van der Waals surface area contributed by atoms with Crippen LogP contribution >= 0.6 is 0 Å². The Morgan fingerprint density at radius 1 is 1.25 bits per heavy atom. The molecule has 10 heteroatoms. The molecule has 2 aliphatic heterocycles. The van der Waals surface area contributed by atoms with Crippen molar-refractivity contribution >= 4 is 11.8 Å². The lowest BCUT2D eigenvalue weighted by molar-refractivity contribution is -0.138. The molecule has 32 heavy (non-hydrogen) atoms. The van der Waals surface area contributed by atoms with E-state index in [1.165, 1.54) is 5.56 Å². The second-order valence-corrected chi connectivity index (χ2v) is 7.55. The maximum absolute atomic E-state index is 11.3. The summed E-state index contributed by atoms with van der Waals surface area (Å²) >= 11 is 0. The van der Waals surface area contributed by atoms with Crippen LogP contribution in [0.2, 0.25) is 0 Å². The lowest BCUT2D eigenvalue weighted by Crippen LogP contribution is -2.36. The van der Waals surface area contributed by atoms with E-state index in [2.05, 4.69) is 15.0 Å². The molecule has 4 heterocycles. The van der Waals surface area contributed by atoms with Crippen molar-refractivity contribution in [1.29, 1.82) is 0 Å². The Kier molecular flexibility index (Phi) is 6.50. The molecule has 0 bridgehead atoms. The number of aromatic nitrogens is 4. The zero-order chi connectivity index (χ0) is 22.5. The first-order valence-corrected chi connectivity index (χ1v) is 10.5. The summed E-state index contributed by atoms with van der Waals surface area (Å²) in [6.45, 7) is 3.58. The van der Waals surface area contributed by atoms with Gasteiger partial charge in [0.05, 0.1) is 0 Å². The van der Waals surface area contributed by atoms with E-state index in [4.69, 9.17) is 15.2 Å². The largest absolute Gasteiger partial charge is 0.480 e. The van der Waals surface area contributed by atoms with Gasteiger partial charge < -0.3 is 25.2 Å². The van der Waals surface area contributed by atoms with Gasteiger partial charge in [-0.1, -0.05) is 6.07 Å². The SMILES string of the molecule is Cc1cc(N2CCC[C@@H]2C(=O)O)nc(-n2ccnc2)n1.NCCc1ccc2c(c1)OCO2. The number of benzene rings is 1. The van der Waals surface area contributed by atoms with E-state index in [0.717, 1.165) is 30.0 Å². The first kappa shape index (κ1) is 21.6. The Morgan fingerprint density at radius 2 is 2.09 bits per heavy atom. The zero-order valence-electron chi connectivity index (χ0n) is 17.8. The van der Waals surface area contributed by atoms with E-state index >= 15 is 0 Å². The summed E-state index contributed by atoms with van der Waals surface area (Å²) in [6.07, 6.45) is 7.44. The maximum atomic E-state index is 11.3. The first-order chi connectivity index (χ1) is 15.5. The molecule has 0 amide bonds. The Morgan fingerprint density at radius 3 is 2.84 bits per heavy atom. The number of carboxylic acids is 1. The Bertz CT molecular complexity index is 1070. The second-order valence-electron chi connectivity index (χ2n) is 7.55. The number of ether oxygens (including phenoxy) is 2. The van der Waals surface area contributed by atoms with Gasteiger partial charge in [0, 0.05) is 30.7 Å². The van der Waals surface area contributed by atoms with E-state index in [1.807, 2.05) is 36.1 Å². The van der Waals surface area contributed by atoms with Crippen molar-refractivity contribution in [2.45, 2.75) is 32.2 Å². The number of rotatable bonds is 5. The fourth-order valence-electron chi connectivity index (χ4n) is 3.74. The summed E-state index contributed by atoms with van der Waals surface area (Å²) in [5.41, 5.74) is 7.43. The van der Waals surface area contributed by atoms with Crippen molar-refractivity contribution in [3.05, 3.63) is 54.2 Å². The number of fused-ring (bicyclic) bond motifs is 1. The van der Waals surface area contributed by atoms with Crippen LogP contribution in [0.4, 0.5) is 5.82 Å². The Labute approximate surface area is 185 Å². The summed E-state index contributed by atoms with van der Waals surface area (Å²) < 4.78 is 12.1. The molecule has 0 aliphatic carbocycles. The molecule has 1 atom stereocenters. The van der Waals surface area contributed by atoms with E-state index < -0.39 is 12.0 Å². The van der Waals surface area contributed by atoms with Crippen LogP contribution in [0.25, 0.3) is 5.95 Å². The molecule has 0 radical (unpaired) electrons. The quantitative estimate of drug-likeness (QED) is 0.614. The van der Waals surface area contributed by atoms with Crippen molar-refractivity contribution in [1.82, 2.24) is 19.5 Å². The average molecular weight is 438 g/mol. The Hall–Kier alpha value is -3.66. The van der Waals surface area contributed by atoms with Crippen LogP contribution in [0.15, 0.2) is 43.0 Å². The van der Waals surface area contributed by atoms with Gasteiger partial charge in [0.25, 0.3) is 0 Å². The van der Waals surface area contributed by atoms with Crippen LogP contribution in [0.5, 0.6) is 11.5 Å². The summed E-state index contributed by atoms with van der Waals surface area (Å²) in [5, 5.41) is 9.27. The first-order valence-electron chi connectivity index (χ1n) is 10.5. The highest BCUT2D eigenvalue weighted by atomic mass is 16.7. The van der Waals surface area contributed by atoms with Crippen molar-refractivity contribution in [3.63, 3.8) is 0 Å². The number of imidazole rings is 1. The predicted octanol–water partition coefficient (Wildman–Crippen LogP) is 1.94. The zero-order valence-corrected chi connectivity index (χ0v) is 17.8. The third-order valence-corrected chi connectivity index (χ3v) is 5.27. The third kappa shape index (κ3) is 4.80. The minimum atomic E-state index is -0.803. The van der Waals surface area contributed by atoms with Crippen molar-refractivity contribution < 1.29 is 19.4 Å². The molecule has 0 unspecified atom stereocenters. The van der Waals surface area contributed by atoms with E-state index in [9.17, 15) is 9.90 Å². The van der Waals surface area contributed by atoms with Gasteiger partial charge in [-0.15, -0.1) is 0 Å². The van der Waals surface area contributed by atoms with E-state index in [0.29, 0.717) is 38.1 Å². The number of carbonyl (C=O) groups is 1. The number of aliphatic carboxylic acids is 1. The summed E-state index contributed by atoms with van der Waals surface area (Å²) in [6, 6.07) is 7.24. The van der Waals surface area contributed by atoms with Gasteiger partial charge in [0.2, 0.25) is 12.7 Å². The van der Waals surface area contributed by atoms with Gasteiger partial charge in [0.1, 0.15) is 18.2 Å². The highest BCUT2D eigenvalue weighted by Crippen LogP contribution is 2.32. The summed E-state index contributed by atoms with van der Waals surface area (Å²) in [4.78, 5) is 25.9. The molecular weight excluding hydrogens is 412 g/mol. The number of hydrogen-bond acceptors (Lipinski definition) is 8. The molecular formula is C22H26N6O4. The van der Waals surface area contributed by atoms with Gasteiger partial charge in [-0.05, 0) is 50.4 Å². The number of hydrogen-bond donors (Lipinski definition) is 2. The van der Waals surface area contributed by atoms with Crippen LogP contribution in [0.1, 0.15) is 24.1 Å². The number of nitrogens with zero attached hydrogens (tertiary/aromatic N) is 5. The highest BCUT2D eigenvalue weighted by Gasteiger charge is 2.31. The van der Waals surface area contributed by atoms with Gasteiger partial charge >= 0.3 is 5.97 Å². The molecule has 10 nitrogen and oxygen atoms in total. The number of aryl methyl sites for hydroxylation is 1. The van der Waals surface area contributed by atoms with Crippen LogP contribution in [0, 0.1) is 6.92 Å². The highest BCUT2D eigenvalue weighted by molar-refractivity contribution is 5.78. The molecule has 3 N–H and O–H groups in total. The number of carboxylic acid groups (broad SMARTS) is 1. The molecule has 2 aliphatic rings. The lowest BCUT2D eigenvalue weighted by atomic mass is 10.1. The maximum Gasteiger partial charge on any atom is 0.326 e. The van der Waals surface area contributed by atoms with Crippen molar-refractivity contribution in [2.75, 3.05) is 24.8 Å². The average Bonchev–Trinajstić information content (AvgIpc) is 3.55. The van der Waals surface area contributed by atoms with Gasteiger partial charge in [-0.3, -0.25) is 4.57 Å². The monoisotopic (exact) mass is 438 g/mol. The summed E-state index contributed by atoms with van der Waals surface area (Å²) in [5.74, 6) is 2.03. The third-order valence-electron chi connectivity index (χ3n) is 5.27. The normalized spacial score (nSPS) is 16.6. The summed E-state index contributed by atoms with van der Waals surface area (Å²) in [7, 11) is 0. The minimum absolute atomic E-state index is 0.335. The molecule has 0 spiro atoms. The van der Waals surface area contributed by atoms with Crippen molar-refractivity contribution in [2.24, 2.45) is 5.73 Å².